The molecule has 0 bridgehead atoms. The van der Waals surface area contributed by atoms with Crippen molar-refractivity contribution in [2.45, 2.75) is 25.7 Å². The van der Waals surface area contributed by atoms with E-state index < -0.39 is 5.92 Å². The maximum absolute atomic E-state index is 13.1. The van der Waals surface area contributed by atoms with Crippen molar-refractivity contribution >= 4 is 11.4 Å². The molecule has 0 saturated carbocycles. The van der Waals surface area contributed by atoms with Crippen molar-refractivity contribution < 1.29 is 8.78 Å². The summed E-state index contributed by atoms with van der Waals surface area (Å²) in [5.41, 5.74) is 8.34. The third kappa shape index (κ3) is 2.10. The van der Waals surface area contributed by atoms with Crippen molar-refractivity contribution in [2.75, 3.05) is 23.7 Å². The van der Waals surface area contributed by atoms with E-state index in [1.165, 1.54) is 0 Å². The average molecular weight is 226 g/mol. The highest BCUT2D eigenvalue weighted by molar-refractivity contribution is 5.69. The van der Waals surface area contributed by atoms with E-state index >= 15 is 0 Å². The molecule has 2 N–H and O–H groups in total. The summed E-state index contributed by atoms with van der Waals surface area (Å²) >= 11 is 0. The zero-order valence-electron chi connectivity index (χ0n) is 9.34. The molecule has 2 rings (SSSR count). The van der Waals surface area contributed by atoms with Gasteiger partial charge in [-0.05, 0) is 24.1 Å². The molecule has 16 heavy (non-hydrogen) atoms. The predicted molar refractivity (Wildman–Crippen MR) is 62.0 cm³/mol. The standard InChI is InChI=1S/C12H16F2N2/c1-2-9-3-4-11(10(15)7-9)16-6-5-12(13,14)8-16/h3-4,7H,2,5-6,8,15H2,1H3. The minimum absolute atomic E-state index is 0.0814. The number of aryl methyl sites for hydroxylation is 1. The normalized spacial score (nSPS) is 19.1. The van der Waals surface area contributed by atoms with E-state index in [2.05, 4.69) is 0 Å². The minimum atomic E-state index is -2.57. The monoisotopic (exact) mass is 226 g/mol. The lowest BCUT2D eigenvalue weighted by Gasteiger charge is -2.20. The first-order valence-electron chi connectivity index (χ1n) is 5.53. The lowest BCUT2D eigenvalue weighted by atomic mass is 10.1. The maximum Gasteiger partial charge on any atom is 0.266 e. The third-order valence-electron chi connectivity index (χ3n) is 3.01. The van der Waals surface area contributed by atoms with Crippen molar-refractivity contribution in [2.24, 2.45) is 0 Å². The largest absolute Gasteiger partial charge is 0.397 e. The Kier molecular flexibility index (Phi) is 2.74. The van der Waals surface area contributed by atoms with Gasteiger partial charge in [0.05, 0.1) is 17.9 Å². The molecule has 4 heteroatoms. The molecular formula is C12H16F2N2. The van der Waals surface area contributed by atoms with Crippen LogP contribution in [0.1, 0.15) is 18.9 Å². The van der Waals surface area contributed by atoms with Gasteiger partial charge in [0.1, 0.15) is 0 Å². The molecule has 2 nitrogen and oxygen atoms in total. The summed E-state index contributed by atoms with van der Waals surface area (Å²) in [5, 5.41) is 0. The van der Waals surface area contributed by atoms with Crippen LogP contribution in [0, 0.1) is 0 Å². The Labute approximate surface area is 94.0 Å². The maximum atomic E-state index is 13.1. The zero-order valence-corrected chi connectivity index (χ0v) is 9.34. The summed E-state index contributed by atoms with van der Waals surface area (Å²) in [6, 6.07) is 5.66. The first-order valence-corrected chi connectivity index (χ1v) is 5.53. The number of halogens is 2. The van der Waals surface area contributed by atoms with Crippen LogP contribution >= 0.6 is 0 Å². The Bertz CT molecular complexity index is 391. The Morgan fingerprint density at radius 2 is 2.19 bits per heavy atom. The SMILES string of the molecule is CCc1ccc(N2CCC(F)(F)C2)c(N)c1. The summed E-state index contributed by atoms with van der Waals surface area (Å²) in [5.74, 6) is -2.57. The second kappa shape index (κ2) is 3.92. The lowest BCUT2D eigenvalue weighted by molar-refractivity contribution is 0.0257. The van der Waals surface area contributed by atoms with E-state index in [0.717, 1.165) is 17.7 Å². The molecule has 0 atom stereocenters. The number of nitrogens with zero attached hydrogens (tertiary/aromatic N) is 1. The summed E-state index contributed by atoms with van der Waals surface area (Å²) in [7, 11) is 0. The molecule has 1 fully saturated rings. The van der Waals surface area contributed by atoms with Gasteiger partial charge in [0.2, 0.25) is 0 Å². The van der Waals surface area contributed by atoms with Crippen LogP contribution in [0.15, 0.2) is 18.2 Å². The molecule has 1 aromatic carbocycles. The van der Waals surface area contributed by atoms with Gasteiger partial charge in [0, 0.05) is 13.0 Å². The summed E-state index contributed by atoms with van der Waals surface area (Å²) < 4.78 is 26.1. The molecule has 0 radical (unpaired) electrons. The average Bonchev–Trinajstić information content (AvgIpc) is 2.58. The van der Waals surface area contributed by atoms with Crippen LogP contribution in [0.25, 0.3) is 0 Å². The van der Waals surface area contributed by atoms with Gasteiger partial charge < -0.3 is 10.6 Å². The quantitative estimate of drug-likeness (QED) is 0.785. The van der Waals surface area contributed by atoms with Crippen molar-refractivity contribution in [1.29, 1.82) is 0 Å². The fourth-order valence-electron chi connectivity index (χ4n) is 2.05. The van der Waals surface area contributed by atoms with Gasteiger partial charge >= 0.3 is 0 Å². The van der Waals surface area contributed by atoms with Gasteiger partial charge in [0.25, 0.3) is 5.92 Å². The molecule has 0 aliphatic carbocycles. The summed E-state index contributed by atoms with van der Waals surface area (Å²) in [4.78, 5) is 1.66. The summed E-state index contributed by atoms with van der Waals surface area (Å²) in [6.07, 6.45) is 0.822. The molecule has 1 aromatic rings. The highest BCUT2D eigenvalue weighted by Crippen LogP contribution is 2.34. The molecule has 1 heterocycles. The summed E-state index contributed by atoms with van der Waals surface area (Å²) in [6.45, 7) is 2.20. The second-order valence-electron chi connectivity index (χ2n) is 4.27. The lowest BCUT2D eigenvalue weighted by Crippen LogP contribution is -2.25. The Morgan fingerprint density at radius 3 is 2.69 bits per heavy atom. The Morgan fingerprint density at radius 1 is 1.44 bits per heavy atom. The third-order valence-corrected chi connectivity index (χ3v) is 3.01. The van der Waals surface area contributed by atoms with Gasteiger partial charge in [-0.3, -0.25) is 0 Å². The number of nitrogens with two attached hydrogens (primary N) is 1. The predicted octanol–water partition coefficient (Wildman–Crippen LogP) is 2.68. The molecule has 0 unspecified atom stereocenters. The highest BCUT2D eigenvalue weighted by atomic mass is 19.3. The molecule has 1 aliphatic rings. The smallest absolute Gasteiger partial charge is 0.266 e. The van der Waals surface area contributed by atoms with Crippen LogP contribution in [-0.2, 0) is 6.42 Å². The Hall–Kier alpha value is -1.32. The molecule has 0 aromatic heterocycles. The number of alkyl halides is 2. The number of rotatable bonds is 2. The van der Waals surface area contributed by atoms with E-state index in [9.17, 15) is 8.78 Å². The van der Waals surface area contributed by atoms with Gasteiger partial charge in [-0.25, -0.2) is 8.78 Å². The van der Waals surface area contributed by atoms with Crippen molar-refractivity contribution in [3.05, 3.63) is 23.8 Å². The highest BCUT2D eigenvalue weighted by Gasteiger charge is 2.38. The van der Waals surface area contributed by atoms with E-state index in [0.29, 0.717) is 12.2 Å². The van der Waals surface area contributed by atoms with Crippen LogP contribution in [0.5, 0.6) is 0 Å². The van der Waals surface area contributed by atoms with E-state index in [4.69, 9.17) is 5.73 Å². The van der Waals surface area contributed by atoms with Gasteiger partial charge in [-0.15, -0.1) is 0 Å². The number of nitrogen functional groups attached to an aromatic ring is 1. The number of benzene rings is 1. The van der Waals surface area contributed by atoms with Crippen LogP contribution in [0.4, 0.5) is 20.2 Å². The molecule has 1 aliphatic heterocycles. The van der Waals surface area contributed by atoms with Crippen molar-refractivity contribution in [3.63, 3.8) is 0 Å². The zero-order chi connectivity index (χ0) is 11.8. The van der Waals surface area contributed by atoms with Crippen LogP contribution in [-0.4, -0.2) is 19.0 Å². The van der Waals surface area contributed by atoms with Crippen molar-refractivity contribution in [1.82, 2.24) is 0 Å². The first kappa shape index (κ1) is 11.2. The van der Waals surface area contributed by atoms with Gasteiger partial charge in [-0.2, -0.15) is 0 Å². The topological polar surface area (TPSA) is 29.3 Å². The number of anilines is 2. The minimum Gasteiger partial charge on any atom is -0.397 e. The molecule has 0 spiro atoms. The van der Waals surface area contributed by atoms with E-state index in [1.807, 2.05) is 25.1 Å². The van der Waals surface area contributed by atoms with Crippen molar-refractivity contribution in [3.8, 4) is 0 Å². The number of hydrogen-bond acceptors (Lipinski definition) is 2. The van der Waals surface area contributed by atoms with Gasteiger partial charge in [-0.1, -0.05) is 13.0 Å². The Balaban J connectivity index is 2.22. The van der Waals surface area contributed by atoms with Crippen LogP contribution in [0.2, 0.25) is 0 Å². The fraction of sp³-hybridized carbons (Fsp3) is 0.500. The fourth-order valence-corrected chi connectivity index (χ4v) is 2.05. The molecule has 0 amide bonds. The first-order chi connectivity index (χ1) is 7.52. The van der Waals surface area contributed by atoms with E-state index in [-0.39, 0.29) is 13.0 Å². The molecule has 88 valence electrons. The van der Waals surface area contributed by atoms with E-state index in [1.54, 1.807) is 4.90 Å². The van der Waals surface area contributed by atoms with Gasteiger partial charge in [0.15, 0.2) is 0 Å². The molecule has 1 saturated heterocycles. The second-order valence-corrected chi connectivity index (χ2v) is 4.27. The number of hydrogen-bond donors (Lipinski definition) is 1. The van der Waals surface area contributed by atoms with Crippen LogP contribution < -0.4 is 10.6 Å². The van der Waals surface area contributed by atoms with Crippen LogP contribution in [0.3, 0.4) is 0 Å². The molecular weight excluding hydrogens is 210 g/mol.